The van der Waals surface area contributed by atoms with Crippen LogP contribution in [0.5, 0.6) is 0 Å². The van der Waals surface area contributed by atoms with Crippen molar-refractivity contribution in [3.63, 3.8) is 0 Å². The van der Waals surface area contributed by atoms with E-state index in [0.717, 1.165) is 5.82 Å². The summed E-state index contributed by atoms with van der Waals surface area (Å²) in [6.07, 6.45) is 0.379. The molecule has 124 valence electrons. The second-order valence-electron chi connectivity index (χ2n) is 6.66. The van der Waals surface area contributed by atoms with Gasteiger partial charge in [0.25, 0.3) is 0 Å². The van der Waals surface area contributed by atoms with E-state index < -0.39 is 23.7 Å². The van der Waals surface area contributed by atoms with Gasteiger partial charge in [0.05, 0.1) is 0 Å². The number of carbonyl (C=O) groups excluding carboxylic acids is 1. The molecule has 6 nitrogen and oxygen atoms in total. The summed E-state index contributed by atoms with van der Waals surface area (Å²) < 4.78 is 5.18. The zero-order chi connectivity index (χ0) is 17.1. The third-order valence-electron chi connectivity index (χ3n) is 3.27. The fraction of sp³-hybridized carbons (Fsp3) is 0.625. The number of hydrogen-bond donors (Lipinski definition) is 2. The van der Waals surface area contributed by atoms with Gasteiger partial charge in [0, 0.05) is 24.8 Å². The van der Waals surface area contributed by atoms with Crippen LogP contribution in [0.1, 0.15) is 46.3 Å². The number of esters is 1. The van der Waals surface area contributed by atoms with Gasteiger partial charge >= 0.3 is 5.97 Å². The number of aliphatic hydroxyl groups excluding tert-OH is 1. The molecule has 0 saturated heterocycles. The highest BCUT2D eigenvalue weighted by atomic mass is 16.6. The number of pyridine rings is 1. The molecule has 0 radical (unpaired) electrons. The normalized spacial score (nSPS) is 14.6. The maximum Gasteiger partial charge on any atom is 0.326 e. The highest BCUT2D eigenvalue weighted by Crippen LogP contribution is 2.20. The van der Waals surface area contributed by atoms with E-state index in [1.54, 1.807) is 32.9 Å². The molecule has 1 heterocycles. The summed E-state index contributed by atoms with van der Waals surface area (Å²) >= 11 is 0. The number of hydrogen-bond acceptors (Lipinski definition) is 6. The highest BCUT2D eigenvalue weighted by molar-refractivity contribution is 5.77. The van der Waals surface area contributed by atoms with Crippen LogP contribution in [0.4, 0.5) is 5.82 Å². The lowest BCUT2D eigenvalue weighted by atomic mass is 10.0. The van der Waals surface area contributed by atoms with Gasteiger partial charge < -0.3 is 20.5 Å². The fourth-order valence-electron chi connectivity index (χ4n) is 1.75. The van der Waals surface area contributed by atoms with Crippen molar-refractivity contribution in [1.82, 2.24) is 4.98 Å². The largest absolute Gasteiger partial charge is 0.459 e. The number of nitrogens with two attached hydrogens (primary N) is 1. The molecule has 6 heteroatoms. The number of aromatic nitrogens is 1. The van der Waals surface area contributed by atoms with Crippen molar-refractivity contribution in [3.05, 3.63) is 23.9 Å². The Kier molecular flexibility index (Phi) is 5.91. The molecule has 1 aromatic rings. The van der Waals surface area contributed by atoms with Crippen LogP contribution in [0, 0.1) is 0 Å². The Morgan fingerprint density at radius 1 is 1.36 bits per heavy atom. The molecule has 0 fully saturated rings. The molecule has 22 heavy (non-hydrogen) atoms. The Hall–Kier alpha value is -1.66. The Labute approximate surface area is 132 Å². The molecule has 0 unspecified atom stereocenters. The molecule has 3 N–H and O–H groups in total. The predicted molar refractivity (Wildman–Crippen MR) is 86.6 cm³/mol. The number of aliphatic hydroxyl groups is 1. The lowest BCUT2D eigenvalue weighted by Crippen LogP contribution is -2.41. The average Bonchev–Trinajstić information content (AvgIpc) is 2.43. The van der Waals surface area contributed by atoms with E-state index in [9.17, 15) is 9.90 Å². The zero-order valence-corrected chi connectivity index (χ0v) is 14.2. The van der Waals surface area contributed by atoms with E-state index in [-0.39, 0.29) is 0 Å². The molecule has 1 rings (SSSR count). The minimum Gasteiger partial charge on any atom is -0.459 e. The molecule has 0 aromatic carbocycles. The summed E-state index contributed by atoms with van der Waals surface area (Å²) in [5.41, 5.74) is 5.63. The third-order valence-corrected chi connectivity index (χ3v) is 3.27. The van der Waals surface area contributed by atoms with Crippen LogP contribution in [0.3, 0.4) is 0 Å². The van der Waals surface area contributed by atoms with Gasteiger partial charge in [0.1, 0.15) is 23.6 Å². The summed E-state index contributed by atoms with van der Waals surface area (Å²) in [7, 11) is 1.94. The molecule has 1 aromatic heterocycles. The molecule has 0 aliphatic heterocycles. The van der Waals surface area contributed by atoms with E-state index in [2.05, 4.69) is 18.8 Å². The van der Waals surface area contributed by atoms with Gasteiger partial charge in [-0.05, 0) is 40.7 Å². The molecular formula is C16H27N3O3. The van der Waals surface area contributed by atoms with Gasteiger partial charge in [0.15, 0.2) is 0 Å². The second kappa shape index (κ2) is 7.07. The van der Waals surface area contributed by atoms with E-state index in [1.807, 2.05) is 11.9 Å². The smallest absolute Gasteiger partial charge is 0.326 e. The summed E-state index contributed by atoms with van der Waals surface area (Å²) in [5.74, 6) is 0.153. The Bertz CT molecular complexity index is 494. The molecule has 2 atom stereocenters. The molecule has 0 amide bonds. The molecule has 0 aliphatic carbocycles. The Balaban J connectivity index is 2.81. The van der Waals surface area contributed by atoms with Crippen LogP contribution in [-0.4, -0.2) is 40.8 Å². The van der Waals surface area contributed by atoms with Crippen LogP contribution in [0.15, 0.2) is 18.3 Å². The van der Waals surface area contributed by atoms with Gasteiger partial charge in [-0.3, -0.25) is 4.79 Å². The van der Waals surface area contributed by atoms with Crippen LogP contribution in [0.25, 0.3) is 0 Å². The fourth-order valence-corrected chi connectivity index (χ4v) is 1.75. The van der Waals surface area contributed by atoms with Crippen molar-refractivity contribution in [2.75, 3.05) is 11.9 Å². The van der Waals surface area contributed by atoms with Gasteiger partial charge in [-0.25, -0.2) is 4.98 Å². The first-order chi connectivity index (χ1) is 10.0. The van der Waals surface area contributed by atoms with Gasteiger partial charge in [-0.2, -0.15) is 0 Å². The average molecular weight is 309 g/mol. The molecular weight excluding hydrogens is 282 g/mol. The Morgan fingerprint density at radius 2 is 1.95 bits per heavy atom. The van der Waals surface area contributed by atoms with E-state index in [0.29, 0.717) is 11.6 Å². The minimum absolute atomic E-state index is 0.312. The number of nitrogens with zero attached hydrogens (tertiary/aromatic N) is 2. The van der Waals surface area contributed by atoms with Crippen molar-refractivity contribution in [2.24, 2.45) is 5.73 Å². The first-order valence-corrected chi connectivity index (χ1v) is 7.38. The van der Waals surface area contributed by atoms with Crippen LogP contribution >= 0.6 is 0 Å². The summed E-state index contributed by atoms with van der Waals surface area (Å²) in [6, 6.07) is 2.68. The SMILES string of the molecule is CC(C)N(C)c1ccc([C@@H](O)[C@H](N)C(=O)OC(C)(C)C)cn1. The first-order valence-electron chi connectivity index (χ1n) is 7.38. The van der Waals surface area contributed by atoms with Crippen molar-refractivity contribution in [1.29, 1.82) is 0 Å². The number of carbonyl (C=O) groups is 1. The molecule has 0 bridgehead atoms. The van der Waals surface area contributed by atoms with Crippen molar-refractivity contribution >= 4 is 11.8 Å². The van der Waals surface area contributed by atoms with Crippen molar-refractivity contribution < 1.29 is 14.6 Å². The molecule has 0 spiro atoms. The van der Waals surface area contributed by atoms with E-state index in [4.69, 9.17) is 10.5 Å². The summed E-state index contributed by atoms with van der Waals surface area (Å²) in [6.45, 7) is 9.37. The summed E-state index contributed by atoms with van der Waals surface area (Å²) in [4.78, 5) is 18.2. The predicted octanol–water partition coefficient (Wildman–Crippen LogP) is 1.63. The standard InChI is InChI=1S/C16H27N3O3/c1-10(2)19(6)12-8-7-11(9-18-12)14(20)13(17)15(21)22-16(3,4)5/h7-10,13-14,20H,17H2,1-6H3/t13-,14+/m0/s1. The molecule has 0 saturated carbocycles. The lowest BCUT2D eigenvalue weighted by molar-refractivity contribution is -0.159. The maximum atomic E-state index is 11.9. The molecule has 0 aliphatic rings. The van der Waals surface area contributed by atoms with Gasteiger partial charge in [0.2, 0.25) is 0 Å². The third kappa shape index (κ3) is 4.96. The summed E-state index contributed by atoms with van der Waals surface area (Å²) in [5, 5.41) is 10.2. The van der Waals surface area contributed by atoms with Crippen molar-refractivity contribution in [3.8, 4) is 0 Å². The number of rotatable bonds is 5. The van der Waals surface area contributed by atoms with E-state index >= 15 is 0 Å². The maximum absolute atomic E-state index is 11.9. The number of ether oxygens (including phenoxy) is 1. The van der Waals surface area contributed by atoms with Crippen LogP contribution in [0.2, 0.25) is 0 Å². The first kappa shape index (κ1) is 18.4. The van der Waals surface area contributed by atoms with Crippen LogP contribution in [-0.2, 0) is 9.53 Å². The highest BCUT2D eigenvalue weighted by Gasteiger charge is 2.29. The zero-order valence-electron chi connectivity index (χ0n) is 14.2. The topological polar surface area (TPSA) is 88.7 Å². The Morgan fingerprint density at radius 3 is 2.36 bits per heavy atom. The van der Waals surface area contributed by atoms with Crippen LogP contribution < -0.4 is 10.6 Å². The monoisotopic (exact) mass is 309 g/mol. The van der Waals surface area contributed by atoms with Gasteiger partial charge in [-0.15, -0.1) is 0 Å². The number of anilines is 1. The minimum atomic E-state index is -1.15. The van der Waals surface area contributed by atoms with Gasteiger partial charge in [-0.1, -0.05) is 6.07 Å². The quantitative estimate of drug-likeness (QED) is 0.804. The van der Waals surface area contributed by atoms with Crippen molar-refractivity contribution in [2.45, 2.75) is 58.4 Å². The van der Waals surface area contributed by atoms with E-state index in [1.165, 1.54) is 6.20 Å². The lowest BCUT2D eigenvalue weighted by Gasteiger charge is -2.25. The second-order valence-corrected chi connectivity index (χ2v) is 6.66.